The van der Waals surface area contributed by atoms with Gasteiger partial charge in [-0.25, -0.2) is 0 Å². The van der Waals surface area contributed by atoms with Crippen LogP contribution in [0.1, 0.15) is 19.1 Å². The van der Waals surface area contributed by atoms with Crippen LogP contribution in [0.15, 0.2) is 57.3 Å². The summed E-state index contributed by atoms with van der Waals surface area (Å²) in [7, 11) is 0. The van der Waals surface area contributed by atoms with Crippen LogP contribution in [-0.4, -0.2) is 35.1 Å². The average molecular weight is 386 g/mol. The zero-order valence-electron chi connectivity index (χ0n) is 14.5. The van der Waals surface area contributed by atoms with Gasteiger partial charge in [0.2, 0.25) is 11.8 Å². The van der Waals surface area contributed by atoms with Crippen molar-refractivity contribution in [3.63, 3.8) is 0 Å². The van der Waals surface area contributed by atoms with E-state index in [4.69, 9.17) is 9.15 Å². The minimum atomic E-state index is -0.551. The number of hydrogen-bond donors (Lipinski definition) is 2. The molecular formula is C18H18N4O4S. The Labute approximate surface area is 160 Å². The normalized spacial score (nSPS) is 18.0. The number of hydrogen-bond acceptors (Lipinski definition) is 7. The molecule has 1 saturated heterocycles. The van der Waals surface area contributed by atoms with Crippen molar-refractivity contribution in [1.29, 1.82) is 0 Å². The van der Waals surface area contributed by atoms with Gasteiger partial charge in [-0.15, -0.1) is 5.10 Å². The van der Waals surface area contributed by atoms with Crippen molar-refractivity contribution in [2.75, 3.05) is 11.9 Å². The molecule has 1 fully saturated rings. The van der Waals surface area contributed by atoms with Crippen LogP contribution < -0.4 is 15.4 Å². The van der Waals surface area contributed by atoms with Gasteiger partial charge in [0.1, 0.15) is 16.8 Å². The molecule has 0 spiro atoms. The molecule has 2 amide bonds. The number of carbonyl (C=O) groups is 2. The quantitative estimate of drug-likeness (QED) is 0.562. The van der Waals surface area contributed by atoms with Crippen molar-refractivity contribution in [2.45, 2.75) is 18.6 Å². The monoisotopic (exact) mass is 386 g/mol. The van der Waals surface area contributed by atoms with E-state index in [0.717, 1.165) is 5.75 Å². The van der Waals surface area contributed by atoms with E-state index in [9.17, 15) is 9.59 Å². The molecule has 2 aromatic rings. The van der Waals surface area contributed by atoms with Crippen molar-refractivity contribution >= 4 is 40.6 Å². The second-order valence-electron chi connectivity index (χ2n) is 5.47. The Hall–Kier alpha value is -3.07. The molecule has 0 unspecified atom stereocenters. The van der Waals surface area contributed by atoms with Crippen LogP contribution in [0.3, 0.4) is 0 Å². The first kappa shape index (κ1) is 18.7. The van der Waals surface area contributed by atoms with Gasteiger partial charge in [0.25, 0.3) is 0 Å². The van der Waals surface area contributed by atoms with Crippen molar-refractivity contribution in [3.8, 4) is 5.75 Å². The molecular weight excluding hydrogens is 368 g/mol. The molecule has 1 aromatic heterocycles. The molecule has 0 bridgehead atoms. The molecule has 3 rings (SSSR count). The number of nitrogens with one attached hydrogen (secondary N) is 2. The number of benzene rings is 1. The lowest BCUT2D eigenvalue weighted by atomic mass is 10.2. The van der Waals surface area contributed by atoms with Crippen LogP contribution in [0.25, 0.3) is 0 Å². The van der Waals surface area contributed by atoms with E-state index in [1.807, 2.05) is 6.92 Å². The van der Waals surface area contributed by atoms with Crippen LogP contribution in [0.4, 0.5) is 5.69 Å². The third kappa shape index (κ3) is 5.45. The molecule has 1 aromatic carbocycles. The molecule has 1 aliphatic heterocycles. The maximum atomic E-state index is 12.2. The highest BCUT2D eigenvalue weighted by Crippen LogP contribution is 2.23. The fourth-order valence-electron chi connectivity index (χ4n) is 2.27. The van der Waals surface area contributed by atoms with Gasteiger partial charge in [-0.3, -0.25) is 9.59 Å². The summed E-state index contributed by atoms with van der Waals surface area (Å²) >= 11 is 1.17. The van der Waals surface area contributed by atoms with Crippen LogP contribution in [0.2, 0.25) is 0 Å². The Morgan fingerprint density at radius 3 is 2.89 bits per heavy atom. The van der Waals surface area contributed by atoms with Gasteiger partial charge in [0.05, 0.1) is 19.1 Å². The third-order valence-corrected chi connectivity index (χ3v) is 4.55. The molecule has 9 heteroatoms. The van der Waals surface area contributed by atoms with Crippen molar-refractivity contribution in [3.05, 3.63) is 48.4 Å². The lowest BCUT2D eigenvalue weighted by Gasteiger charge is -2.08. The highest BCUT2D eigenvalue weighted by atomic mass is 32.2. The number of furan rings is 1. The Balaban J connectivity index is 1.51. The van der Waals surface area contributed by atoms with Gasteiger partial charge >= 0.3 is 0 Å². The largest absolute Gasteiger partial charge is 0.494 e. The second kappa shape index (κ2) is 9.04. The summed E-state index contributed by atoms with van der Waals surface area (Å²) < 4.78 is 10.5. The van der Waals surface area contributed by atoms with E-state index < -0.39 is 5.25 Å². The van der Waals surface area contributed by atoms with Gasteiger partial charge < -0.3 is 19.8 Å². The summed E-state index contributed by atoms with van der Waals surface area (Å²) in [5, 5.41) is 13.0. The smallest absolute Gasteiger partial charge is 0.240 e. The summed E-state index contributed by atoms with van der Waals surface area (Å²) in [6, 6.07) is 10.5. The predicted octanol–water partition coefficient (Wildman–Crippen LogP) is 2.63. The molecule has 140 valence electrons. The number of thioether (sulfide) groups is 1. The average Bonchev–Trinajstić information content (AvgIpc) is 3.27. The van der Waals surface area contributed by atoms with Crippen molar-refractivity contribution in [1.82, 2.24) is 5.32 Å². The number of ether oxygens (including phenoxy) is 1. The van der Waals surface area contributed by atoms with E-state index >= 15 is 0 Å². The van der Waals surface area contributed by atoms with Crippen LogP contribution >= 0.6 is 11.8 Å². The molecule has 2 N–H and O–H groups in total. The van der Waals surface area contributed by atoms with Crippen molar-refractivity contribution in [2.24, 2.45) is 10.2 Å². The van der Waals surface area contributed by atoms with Crippen LogP contribution in [0.5, 0.6) is 5.75 Å². The van der Waals surface area contributed by atoms with E-state index in [1.54, 1.807) is 36.4 Å². The van der Waals surface area contributed by atoms with Gasteiger partial charge in [0, 0.05) is 12.1 Å². The molecule has 0 saturated carbocycles. The SMILES string of the molecule is CCOc1ccc(NC(=O)C[C@@H]2S/C(=N/N=C\c3ccco3)NC2=O)cc1. The minimum absolute atomic E-state index is 0.0324. The predicted molar refractivity (Wildman–Crippen MR) is 104 cm³/mol. The van der Waals surface area contributed by atoms with Crippen LogP contribution in [-0.2, 0) is 9.59 Å². The highest BCUT2D eigenvalue weighted by Gasteiger charge is 2.32. The molecule has 0 aliphatic carbocycles. The topological polar surface area (TPSA) is 105 Å². The lowest BCUT2D eigenvalue weighted by molar-refractivity contribution is -0.122. The van der Waals surface area contributed by atoms with Gasteiger partial charge in [-0.2, -0.15) is 5.10 Å². The second-order valence-corrected chi connectivity index (χ2v) is 6.66. The number of amides is 2. The fraction of sp³-hybridized carbons (Fsp3) is 0.222. The zero-order chi connectivity index (χ0) is 19.1. The molecule has 8 nitrogen and oxygen atoms in total. The summed E-state index contributed by atoms with van der Waals surface area (Å²) in [6.07, 6.45) is 3.00. The van der Waals surface area contributed by atoms with Crippen LogP contribution in [0, 0.1) is 0 Å². The maximum absolute atomic E-state index is 12.2. The van der Waals surface area contributed by atoms with Crippen molar-refractivity contribution < 1.29 is 18.7 Å². The third-order valence-electron chi connectivity index (χ3n) is 3.47. The number of carbonyl (C=O) groups excluding carboxylic acids is 2. The molecule has 1 atom stereocenters. The first-order valence-electron chi connectivity index (χ1n) is 8.29. The Morgan fingerprint density at radius 1 is 1.37 bits per heavy atom. The minimum Gasteiger partial charge on any atom is -0.494 e. The lowest BCUT2D eigenvalue weighted by Crippen LogP contribution is -2.28. The van der Waals surface area contributed by atoms with E-state index in [-0.39, 0.29) is 18.2 Å². The summed E-state index contributed by atoms with van der Waals surface area (Å²) in [5.41, 5.74) is 0.642. The number of anilines is 1. The number of nitrogens with zero attached hydrogens (tertiary/aromatic N) is 2. The standard InChI is InChI=1S/C18H18N4O4S/c1-2-25-13-7-5-12(6-8-13)20-16(23)10-15-17(24)21-18(27-15)22-19-11-14-4-3-9-26-14/h3-9,11,15H,2,10H2,1H3,(H,20,23)(H,21,22,24)/b19-11-/t15-/m0/s1. The molecule has 2 heterocycles. The van der Waals surface area contributed by atoms with E-state index in [2.05, 4.69) is 20.8 Å². The molecule has 1 aliphatic rings. The molecule has 27 heavy (non-hydrogen) atoms. The first-order valence-corrected chi connectivity index (χ1v) is 9.17. The summed E-state index contributed by atoms with van der Waals surface area (Å²) in [4.78, 5) is 24.2. The van der Waals surface area contributed by atoms with Gasteiger partial charge in [-0.1, -0.05) is 11.8 Å². The first-order chi connectivity index (χ1) is 13.1. The van der Waals surface area contributed by atoms with Gasteiger partial charge in [-0.05, 0) is 43.3 Å². The number of rotatable bonds is 7. The Morgan fingerprint density at radius 2 is 2.19 bits per heavy atom. The Kier molecular flexibility index (Phi) is 6.26. The summed E-state index contributed by atoms with van der Waals surface area (Å²) in [6.45, 7) is 2.48. The number of amidine groups is 1. The molecule has 0 radical (unpaired) electrons. The fourth-order valence-corrected chi connectivity index (χ4v) is 3.20. The van der Waals surface area contributed by atoms with E-state index in [1.165, 1.54) is 24.2 Å². The van der Waals surface area contributed by atoms with Gasteiger partial charge in [0.15, 0.2) is 5.17 Å². The highest BCUT2D eigenvalue weighted by molar-refractivity contribution is 8.15. The van der Waals surface area contributed by atoms with E-state index in [0.29, 0.717) is 23.2 Å². The summed E-state index contributed by atoms with van der Waals surface area (Å²) in [5.74, 6) is 0.762. The Bertz CT molecular complexity index is 847. The zero-order valence-corrected chi connectivity index (χ0v) is 15.4. The maximum Gasteiger partial charge on any atom is 0.240 e.